The molecule has 0 atom stereocenters. The molecule has 7 nitrogen and oxygen atoms in total. The molecule has 0 saturated carbocycles. The van der Waals surface area contributed by atoms with Crippen LogP contribution in [0.5, 0.6) is 0 Å². The number of rotatable bonds is 8. The zero-order valence-corrected chi connectivity index (χ0v) is 20.0. The lowest BCUT2D eigenvalue weighted by Gasteiger charge is -2.34. The number of nitrogens with one attached hydrogen (secondary N) is 2. The average molecular weight is 464 g/mol. The highest BCUT2D eigenvalue weighted by atomic mass is 16.2. The molecular weight excluding hydrogens is 426 g/mol. The standard InChI is InChI=1S/C27H37N5O2/c33-26(24-12-16-32(17-13-24)27(34)29-25-10-5-2-6-11-25)28-14-7-15-30-18-20-31(21-19-30)22-23-8-3-1-4-9-23/h1-6,8-11,24H,7,12-22H2,(H,28,33)(H,29,34). The van der Waals surface area contributed by atoms with E-state index in [1.807, 2.05) is 30.3 Å². The van der Waals surface area contributed by atoms with Crippen molar-refractivity contribution >= 4 is 17.6 Å². The molecule has 0 radical (unpaired) electrons. The molecule has 2 aliphatic heterocycles. The summed E-state index contributed by atoms with van der Waals surface area (Å²) in [6.07, 6.45) is 2.41. The molecule has 2 saturated heterocycles. The summed E-state index contributed by atoms with van der Waals surface area (Å²) >= 11 is 0. The molecule has 2 fully saturated rings. The van der Waals surface area contributed by atoms with Gasteiger partial charge in [0.25, 0.3) is 0 Å². The molecule has 4 rings (SSSR count). The maximum atomic E-state index is 12.6. The minimum absolute atomic E-state index is 0.00214. The number of hydrogen-bond donors (Lipinski definition) is 2. The first-order valence-corrected chi connectivity index (χ1v) is 12.5. The van der Waals surface area contributed by atoms with Gasteiger partial charge in [-0.25, -0.2) is 4.79 Å². The molecule has 182 valence electrons. The van der Waals surface area contributed by atoms with Crippen LogP contribution >= 0.6 is 0 Å². The van der Waals surface area contributed by atoms with Crippen LogP contribution in [-0.4, -0.2) is 79.0 Å². The number of piperidine rings is 1. The largest absolute Gasteiger partial charge is 0.356 e. The van der Waals surface area contributed by atoms with E-state index >= 15 is 0 Å². The lowest BCUT2D eigenvalue weighted by atomic mass is 9.96. The van der Waals surface area contributed by atoms with E-state index in [1.165, 1.54) is 5.56 Å². The number of carbonyl (C=O) groups is 2. The summed E-state index contributed by atoms with van der Waals surface area (Å²) in [4.78, 5) is 31.8. The first kappa shape index (κ1) is 24.2. The topological polar surface area (TPSA) is 67.9 Å². The smallest absolute Gasteiger partial charge is 0.321 e. The number of amides is 3. The van der Waals surface area contributed by atoms with Gasteiger partial charge in [0.2, 0.25) is 5.91 Å². The minimum atomic E-state index is -0.0890. The maximum absolute atomic E-state index is 12.6. The van der Waals surface area contributed by atoms with E-state index < -0.39 is 0 Å². The van der Waals surface area contributed by atoms with E-state index in [2.05, 4.69) is 50.8 Å². The Labute approximate surface area is 203 Å². The molecule has 7 heteroatoms. The van der Waals surface area contributed by atoms with Gasteiger partial charge in [0.1, 0.15) is 0 Å². The van der Waals surface area contributed by atoms with Crippen LogP contribution in [0.15, 0.2) is 60.7 Å². The molecule has 3 amide bonds. The number of hydrogen-bond acceptors (Lipinski definition) is 4. The summed E-state index contributed by atoms with van der Waals surface area (Å²) in [5.74, 6) is 0.137. The first-order chi connectivity index (χ1) is 16.7. The molecule has 2 aromatic carbocycles. The number of anilines is 1. The average Bonchev–Trinajstić information content (AvgIpc) is 2.89. The fraction of sp³-hybridized carbons (Fsp3) is 0.481. The molecule has 2 aromatic rings. The Balaban J connectivity index is 1.06. The maximum Gasteiger partial charge on any atom is 0.321 e. The number of piperazine rings is 1. The van der Waals surface area contributed by atoms with Gasteiger partial charge in [-0.1, -0.05) is 48.5 Å². The van der Waals surface area contributed by atoms with Crippen LogP contribution < -0.4 is 10.6 Å². The number of para-hydroxylation sites is 1. The van der Waals surface area contributed by atoms with E-state index in [1.54, 1.807) is 4.90 Å². The summed E-state index contributed by atoms with van der Waals surface area (Å²) in [5.41, 5.74) is 2.17. The number of carbonyl (C=O) groups excluding carboxylic acids is 2. The highest BCUT2D eigenvalue weighted by molar-refractivity contribution is 5.89. The van der Waals surface area contributed by atoms with Gasteiger partial charge in [-0.15, -0.1) is 0 Å². The zero-order valence-electron chi connectivity index (χ0n) is 20.0. The van der Waals surface area contributed by atoms with Gasteiger partial charge in [0, 0.05) is 64.0 Å². The molecule has 34 heavy (non-hydrogen) atoms. The second-order valence-electron chi connectivity index (χ2n) is 9.31. The van der Waals surface area contributed by atoms with E-state index in [4.69, 9.17) is 0 Å². The Morgan fingerprint density at radius 2 is 1.41 bits per heavy atom. The number of urea groups is 1. The molecular formula is C27H37N5O2. The van der Waals surface area contributed by atoms with Crippen LogP contribution in [0.1, 0.15) is 24.8 Å². The van der Waals surface area contributed by atoms with Gasteiger partial charge in [-0.2, -0.15) is 0 Å². The Bertz CT molecular complexity index is 892. The third-order valence-corrected chi connectivity index (χ3v) is 6.84. The van der Waals surface area contributed by atoms with Crippen molar-refractivity contribution in [2.24, 2.45) is 5.92 Å². The predicted octanol–water partition coefficient (Wildman–Crippen LogP) is 3.25. The Kier molecular flexibility index (Phi) is 8.93. The highest BCUT2D eigenvalue weighted by Gasteiger charge is 2.27. The molecule has 0 unspecified atom stereocenters. The SMILES string of the molecule is O=C(NCCCN1CCN(Cc2ccccc2)CC1)C1CCN(C(=O)Nc2ccccc2)CC1. The quantitative estimate of drug-likeness (QED) is 0.590. The first-order valence-electron chi connectivity index (χ1n) is 12.5. The molecule has 2 aliphatic rings. The molecule has 0 bridgehead atoms. The number of benzene rings is 2. The normalized spacial score (nSPS) is 17.9. The van der Waals surface area contributed by atoms with Crippen LogP contribution in [-0.2, 0) is 11.3 Å². The second-order valence-corrected chi connectivity index (χ2v) is 9.31. The van der Waals surface area contributed by atoms with Crippen molar-refractivity contribution in [3.8, 4) is 0 Å². The summed E-state index contributed by atoms with van der Waals surface area (Å²) in [6.45, 7) is 8.37. The van der Waals surface area contributed by atoms with E-state index in [-0.39, 0.29) is 17.9 Å². The monoisotopic (exact) mass is 463 g/mol. The van der Waals surface area contributed by atoms with Crippen molar-refractivity contribution < 1.29 is 9.59 Å². The predicted molar refractivity (Wildman–Crippen MR) is 136 cm³/mol. The fourth-order valence-corrected chi connectivity index (χ4v) is 4.74. The molecule has 2 heterocycles. The second kappa shape index (κ2) is 12.5. The minimum Gasteiger partial charge on any atom is -0.356 e. The molecule has 2 N–H and O–H groups in total. The highest BCUT2D eigenvalue weighted by Crippen LogP contribution is 2.18. The lowest BCUT2D eigenvalue weighted by Crippen LogP contribution is -2.47. The van der Waals surface area contributed by atoms with Gasteiger partial charge < -0.3 is 20.4 Å². The Hall–Kier alpha value is -2.90. The van der Waals surface area contributed by atoms with Crippen LogP contribution in [0.4, 0.5) is 10.5 Å². The van der Waals surface area contributed by atoms with E-state index in [0.29, 0.717) is 13.1 Å². The van der Waals surface area contributed by atoms with Crippen LogP contribution in [0.2, 0.25) is 0 Å². The van der Waals surface area contributed by atoms with Crippen molar-refractivity contribution in [1.82, 2.24) is 20.0 Å². The lowest BCUT2D eigenvalue weighted by molar-refractivity contribution is -0.126. The summed E-state index contributed by atoms with van der Waals surface area (Å²) in [7, 11) is 0. The third-order valence-electron chi connectivity index (χ3n) is 6.84. The molecule has 0 aliphatic carbocycles. The Morgan fingerprint density at radius 3 is 2.09 bits per heavy atom. The summed E-state index contributed by atoms with van der Waals surface area (Å²) in [6, 6.07) is 20.0. The van der Waals surface area contributed by atoms with Gasteiger partial charge in [-0.3, -0.25) is 9.69 Å². The molecule has 0 aromatic heterocycles. The molecule has 0 spiro atoms. The zero-order chi connectivity index (χ0) is 23.6. The number of likely N-dealkylation sites (tertiary alicyclic amines) is 1. The van der Waals surface area contributed by atoms with Crippen molar-refractivity contribution in [3.05, 3.63) is 66.2 Å². The fourth-order valence-electron chi connectivity index (χ4n) is 4.74. The van der Waals surface area contributed by atoms with Crippen molar-refractivity contribution in [2.45, 2.75) is 25.8 Å². The van der Waals surface area contributed by atoms with E-state index in [9.17, 15) is 9.59 Å². The Morgan fingerprint density at radius 1 is 0.794 bits per heavy atom. The van der Waals surface area contributed by atoms with E-state index in [0.717, 1.165) is 70.8 Å². The number of nitrogens with zero attached hydrogens (tertiary/aromatic N) is 3. The van der Waals surface area contributed by atoms with Gasteiger partial charge in [0.15, 0.2) is 0 Å². The van der Waals surface area contributed by atoms with Crippen molar-refractivity contribution in [1.29, 1.82) is 0 Å². The third kappa shape index (κ3) is 7.30. The van der Waals surface area contributed by atoms with Gasteiger partial charge >= 0.3 is 6.03 Å². The van der Waals surface area contributed by atoms with Crippen LogP contribution in [0, 0.1) is 5.92 Å². The van der Waals surface area contributed by atoms with Crippen LogP contribution in [0.3, 0.4) is 0 Å². The van der Waals surface area contributed by atoms with Crippen LogP contribution in [0.25, 0.3) is 0 Å². The van der Waals surface area contributed by atoms with Crippen molar-refractivity contribution in [2.75, 3.05) is 57.7 Å². The van der Waals surface area contributed by atoms with Gasteiger partial charge in [0.05, 0.1) is 0 Å². The van der Waals surface area contributed by atoms with Crippen molar-refractivity contribution in [3.63, 3.8) is 0 Å². The van der Waals surface area contributed by atoms with Gasteiger partial charge in [-0.05, 0) is 43.5 Å². The summed E-state index contributed by atoms with van der Waals surface area (Å²) in [5, 5.41) is 6.04. The summed E-state index contributed by atoms with van der Waals surface area (Å²) < 4.78 is 0.